The first-order valence-corrected chi connectivity index (χ1v) is 43.2. The molecule has 105 heavy (non-hydrogen) atoms. The first-order valence-electron chi connectivity index (χ1n) is 43.2. The van der Waals surface area contributed by atoms with E-state index in [1.54, 1.807) is 0 Å². The summed E-state index contributed by atoms with van der Waals surface area (Å²) in [6, 6.07) is 0. The number of aliphatic carboxylic acids is 5. The van der Waals surface area contributed by atoms with Gasteiger partial charge in [0.05, 0.1) is 0 Å². The van der Waals surface area contributed by atoms with Crippen LogP contribution in [0.2, 0.25) is 0 Å². The summed E-state index contributed by atoms with van der Waals surface area (Å²) >= 11 is 0. The van der Waals surface area contributed by atoms with Crippen LogP contribution >= 0.6 is 0 Å². The molecule has 0 aromatic heterocycles. The number of carboxylic acids is 5. The van der Waals surface area contributed by atoms with Crippen LogP contribution in [0.1, 0.15) is 484 Å². The fraction of sp³-hybridized carbons (Fsp3) is 0.833. The lowest BCUT2D eigenvalue weighted by molar-refractivity contribution is -0.138. The molecule has 15 heteroatoms. The van der Waals surface area contributed by atoms with E-state index >= 15 is 0 Å². The van der Waals surface area contributed by atoms with Gasteiger partial charge in [0.25, 0.3) is 0 Å². The zero-order chi connectivity index (χ0) is 74.5. The van der Waals surface area contributed by atoms with Gasteiger partial charge in [-0.25, -0.2) is 0 Å². The highest BCUT2D eigenvalue weighted by Crippen LogP contribution is 2.16. The van der Waals surface area contributed by atoms with Crippen LogP contribution in [0.5, 0.6) is 0 Å². The van der Waals surface area contributed by atoms with Crippen molar-refractivity contribution in [2.45, 2.75) is 484 Å². The molecule has 0 unspecified atom stereocenters. The van der Waals surface area contributed by atoms with Crippen LogP contribution in [-0.4, -0.2) is 55.4 Å². The van der Waals surface area contributed by atoms with Gasteiger partial charge in [-0.05, 0) is 161 Å². The Labute approximate surface area is 651 Å². The Morgan fingerprint density at radius 1 is 0.152 bits per heavy atom. The zero-order valence-electron chi connectivity index (χ0n) is 70.6. The third kappa shape index (κ3) is 146. The van der Waals surface area contributed by atoms with Crippen LogP contribution in [0.3, 0.4) is 0 Å². The number of allylic oxidation sites excluding steroid dienone is 10. The van der Waals surface area contributed by atoms with Gasteiger partial charge in [0.1, 0.15) is 0 Å². The first kappa shape index (κ1) is 122. The molecule has 0 aromatic carbocycles. The van der Waals surface area contributed by atoms with E-state index in [1.165, 1.54) is 353 Å². The van der Waals surface area contributed by atoms with Crippen molar-refractivity contribution in [2.24, 2.45) is 0 Å². The molecule has 0 bridgehead atoms. The lowest BCUT2D eigenvalue weighted by Crippen LogP contribution is -1.93. The summed E-state index contributed by atoms with van der Waals surface area (Å²) in [4.78, 5) is 51.6. The summed E-state index contributed by atoms with van der Waals surface area (Å²) in [5, 5.41) is 42.5. The van der Waals surface area contributed by atoms with Gasteiger partial charge in [-0.2, -0.15) is 0 Å². The van der Waals surface area contributed by atoms with Crippen LogP contribution in [0.25, 0.3) is 0 Å². The van der Waals surface area contributed by atoms with Gasteiger partial charge in [-0.1, -0.05) is 352 Å². The Balaban J connectivity index is -0.000000133. The SMILES string of the molecule is CCCCCCCC/C=C\CCCCCCCC(=O)O.CCCCCCCC/C=C\CCCCCCCC(=O)O.CCCCCCCC/C=C\CCCCCCCC(=O)O.CCCCCCCC/C=C\CCCCCCCC(=O)O.CCCCCCCC/C=C\CCCCCCCC(=O)O.N.N.N.N.N. The first-order chi connectivity index (χ1) is 48.9. The smallest absolute Gasteiger partial charge is 0.303 e. The molecule has 630 valence electrons. The van der Waals surface area contributed by atoms with Gasteiger partial charge in [0.15, 0.2) is 0 Å². The molecule has 0 heterocycles. The van der Waals surface area contributed by atoms with Crippen molar-refractivity contribution in [1.82, 2.24) is 30.8 Å². The molecule has 0 saturated heterocycles. The van der Waals surface area contributed by atoms with Gasteiger partial charge in [-0.15, -0.1) is 0 Å². The second kappa shape index (κ2) is 118. The van der Waals surface area contributed by atoms with E-state index in [4.69, 9.17) is 25.5 Å². The van der Waals surface area contributed by atoms with Crippen molar-refractivity contribution in [3.63, 3.8) is 0 Å². The molecule has 0 aromatic rings. The molecule has 20 N–H and O–H groups in total. The highest BCUT2D eigenvalue weighted by molar-refractivity contribution is 5.67. The van der Waals surface area contributed by atoms with Gasteiger partial charge in [0, 0.05) is 32.1 Å². The number of carbonyl (C=O) groups is 5. The van der Waals surface area contributed by atoms with E-state index in [1.807, 2.05) is 0 Å². The summed E-state index contributed by atoms with van der Waals surface area (Å²) in [6.07, 6.45) is 106. The maximum atomic E-state index is 10.3. The van der Waals surface area contributed by atoms with Crippen LogP contribution in [0.4, 0.5) is 0 Å². The zero-order valence-corrected chi connectivity index (χ0v) is 70.6. The maximum absolute atomic E-state index is 10.3. The summed E-state index contributed by atoms with van der Waals surface area (Å²) in [5.74, 6) is -3.32. The maximum Gasteiger partial charge on any atom is 0.303 e. The van der Waals surface area contributed by atoms with Crippen molar-refractivity contribution in [2.75, 3.05) is 0 Å². The Bertz CT molecular complexity index is 1490. The van der Waals surface area contributed by atoms with Crippen LogP contribution in [-0.2, 0) is 24.0 Å². The molecule has 0 amide bonds. The van der Waals surface area contributed by atoms with Crippen molar-refractivity contribution < 1.29 is 49.5 Å². The Morgan fingerprint density at radius 2 is 0.238 bits per heavy atom. The number of unbranched alkanes of at least 4 members (excludes halogenated alkanes) is 55. The van der Waals surface area contributed by atoms with Crippen LogP contribution < -0.4 is 30.8 Å². The average molecular weight is 1500 g/mol. The second-order valence-corrected chi connectivity index (χ2v) is 28.6. The van der Waals surface area contributed by atoms with Gasteiger partial charge in [-0.3, -0.25) is 24.0 Å². The predicted octanol–water partition coefficient (Wildman–Crippen LogP) is 31.4. The van der Waals surface area contributed by atoms with E-state index in [9.17, 15) is 24.0 Å². The monoisotopic (exact) mass is 1500 g/mol. The molecular formula is C90H185N5O10. The molecular weight excluding hydrogens is 1310 g/mol. The minimum absolute atomic E-state index is 0. The molecule has 15 nitrogen and oxygen atoms in total. The van der Waals surface area contributed by atoms with Crippen molar-refractivity contribution >= 4 is 29.8 Å². The molecule has 0 radical (unpaired) electrons. The average Bonchev–Trinajstić information content (AvgIpc) is 3.69. The van der Waals surface area contributed by atoms with Crippen LogP contribution in [0.15, 0.2) is 60.8 Å². The third-order valence-corrected chi connectivity index (χ3v) is 18.3. The fourth-order valence-electron chi connectivity index (χ4n) is 11.7. The molecule has 0 aliphatic heterocycles. The van der Waals surface area contributed by atoms with Crippen molar-refractivity contribution in [1.29, 1.82) is 0 Å². The quantitative estimate of drug-likeness (QED) is 0.0200. The minimum Gasteiger partial charge on any atom is -0.481 e. The second-order valence-electron chi connectivity index (χ2n) is 28.6. The number of hydrogen-bond acceptors (Lipinski definition) is 10. The van der Waals surface area contributed by atoms with Crippen LogP contribution in [0, 0.1) is 0 Å². The Morgan fingerprint density at radius 3 is 0.333 bits per heavy atom. The topological polar surface area (TPSA) is 362 Å². The van der Waals surface area contributed by atoms with Crippen molar-refractivity contribution in [3.05, 3.63) is 60.8 Å². The summed E-state index contributed by atoms with van der Waals surface area (Å²) < 4.78 is 0. The molecule has 0 aliphatic rings. The summed E-state index contributed by atoms with van der Waals surface area (Å²) in [7, 11) is 0. The molecule has 0 aliphatic carbocycles. The lowest BCUT2D eigenvalue weighted by atomic mass is 10.1. The van der Waals surface area contributed by atoms with Crippen molar-refractivity contribution in [3.8, 4) is 0 Å². The molecule has 0 spiro atoms. The highest BCUT2D eigenvalue weighted by atomic mass is 16.4. The standard InChI is InChI=1S/5C18H34O2.5H3N/c5*1-2-3-4-5-6-7-8-9-10-11-12-13-14-15-16-17-18(19)20;;;;;/h5*9-10H,2-8,11-17H2,1H3,(H,19,20);5*1H3/b5*10-9-;;;;;. The third-order valence-electron chi connectivity index (χ3n) is 18.3. The lowest BCUT2D eigenvalue weighted by Gasteiger charge is -1.99. The van der Waals surface area contributed by atoms with E-state index < -0.39 is 29.8 Å². The van der Waals surface area contributed by atoms with E-state index in [0.717, 1.165) is 64.2 Å². The molecule has 0 atom stereocenters. The normalized spacial score (nSPS) is 10.7. The Hall–Kier alpha value is -4.15. The van der Waals surface area contributed by atoms with Gasteiger partial charge < -0.3 is 56.3 Å². The van der Waals surface area contributed by atoms with E-state index in [2.05, 4.69) is 95.4 Å². The van der Waals surface area contributed by atoms with E-state index in [0.29, 0.717) is 32.1 Å². The molecule has 0 rings (SSSR count). The number of hydrogen-bond donors (Lipinski definition) is 10. The minimum atomic E-state index is -0.664. The summed E-state index contributed by atoms with van der Waals surface area (Å²) in [5.41, 5.74) is 0. The number of rotatable bonds is 75. The Kier molecular flexibility index (Phi) is 137. The highest BCUT2D eigenvalue weighted by Gasteiger charge is 2.01. The summed E-state index contributed by atoms with van der Waals surface area (Å²) in [6.45, 7) is 11.3. The predicted molar refractivity (Wildman–Crippen MR) is 461 cm³/mol. The van der Waals surface area contributed by atoms with Gasteiger partial charge >= 0.3 is 29.8 Å². The largest absolute Gasteiger partial charge is 0.481 e. The number of carboxylic acid groups (broad SMARTS) is 5. The van der Waals surface area contributed by atoms with E-state index in [-0.39, 0.29) is 30.8 Å². The van der Waals surface area contributed by atoms with Gasteiger partial charge in [0.2, 0.25) is 0 Å². The molecule has 0 saturated carbocycles. The fourth-order valence-corrected chi connectivity index (χ4v) is 11.7. The molecule has 0 fully saturated rings.